The maximum absolute atomic E-state index is 10.7. The fourth-order valence-electron chi connectivity index (χ4n) is 2.48. The average Bonchev–Trinajstić information content (AvgIpc) is 2.72. The summed E-state index contributed by atoms with van der Waals surface area (Å²) < 4.78 is 11.5. The quantitative estimate of drug-likeness (QED) is 0.621. The van der Waals surface area contributed by atoms with E-state index in [4.69, 9.17) is 14.6 Å². The Balaban J connectivity index is 1.55. The molecular formula is C22H20O4. The van der Waals surface area contributed by atoms with E-state index < -0.39 is 0 Å². The number of ether oxygens (including phenoxy) is 2. The molecule has 4 nitrogen and oxygen atoms in total. The molecule has 0 saturated carbocycles. The Morgan fingerprint density at radius 2 is 1.27 bits per heavy atom. The van der Waals surface area contributed by atoms with Gasteiger partial charge in [0.05, 0.1) is 6.61 Å². The minimum atomic E-state index is 0.0280. The molecule has 4 heteroatoms. The Morgan fingerprint density at radius 1 is 0.731 bits per heavy atom. The minimum absolute atomic E-state index is 0.0280. The van der Waals surface area contributed by atoms with Crippen LogP contribution in [0.25, 0.3) is 0 Å². The molecule has 0 aromatic heterocycles. The number of hydrogen-bond donors (Lipinski definition) is 1. The van der Waals surface area contributed by atoms with Crippen molar-refractivity contribution in [1.29, 1.82) is 0 Å². The zero-order chi connectivity index (χ0) is 18.2. The molecule has 0 aliphatic heterocycles. The van der Waals surface area contributed by atoms with Crippen molar-refractivity contribution in [3.8, 4) is 11.5 Å². The highest BCUT2D eigenvalue weighted by atomic mass is 16.5. The van der Waals surface area contributed by atoms with Gasteiger partial charge in [-0.25, -0.2) is 0 Å². The van der Waals surface area contributed by atoms with Gasteiger partial charge in [0.15, 0.2) is 0 Å². The van der Waals surface area contributed by atoms with Crippen molar-refractivity contribution in [2.75, 3.05) is 0 Å². The first kappa shape index (κ1) is 17.7. The van der Waals surface area contributed by atoms with Crippen LogP contribution in [-0.4, -0.2) is 11.4 Å². The number of aliphatic hydroxyl groups excluding tert-OH is 1. The molecule has 0 amide bonds. The molecule has 0 spiro atoms. The van der Waals surface area contributed by atoms with Gasteiger partial charge in [-0.05, 0) is 59.2 Å². The van der Waals surface area contributed by atoms with Crippen LogP contribution in [0.3, 0.4) is 0 Å². The summed E-state index contributed by atoms with van der Waals surface area (Å²) in [5, 5.41) is 9.06. The molecule has 0 atom stereocenters. The van der Waals surface area contributed by atoms with E-state index in [1.54, 1.807) is 24.3 Å². The molecular weight excluding hydrogens is 328 g/mol. The number of benzene rings is 3. The first-order valence-electron chi connectivity index (χ1n) is 8.35. The molecule has 0 saturated heterocycles. The van der Waals surface area contributed by atoms with Crippen LogP contribution in [0, 0.1) is 0 Å². The lowest BCUT2D eigenvalue weighted by Gasteiger charge is -2.10. The van der Waals surface area contributed by atoms with E-state index in [0.29, 0.717) is 18.8 Å². The van der Waals surface area contributed by atoms with Gasteiger partial charge in [-0.2, -0.15) is 0 Å². The monoisotopic (exact) mass is 348 g/mol. The number of aliphatic hydroxyl groups is 1. The molecule has 0 aliphatic rings. The van der Waals surface area contributed by atoms with Crippen molar-refractivity contribution in [3.63, 3.8) is 0 Å². The standard InChI is InChI=1S/C22H20O4/c23-13-17-4-8-21(9-5-17)25-15-19-2-1-3-20(12-19)16-26-22-10-6-18(14-24)7-11-22/h1-13,24H,14-16H2. The van der Waals surface area contributed by atoms with Crippen LogP contribution in [0.5, 0.6) is 11.5 Å². The molecule has 132 valence electrons. The van der Waals surface area contributed by atoms with Gasteiger partial charge in [0.1, 0.15) is 31.0 Å². The smallest absolute Gasteiger partial charge is 0.150 e. The van der Waals surface area contributed by atoms with Gasteiger partial charge >= 0.3 is 0 Å². The second kappa shape index (κ2) is 8.83. The van der Waals surface area contributed by atoms with Crippen molar-refractivity contribution < 1.29 is 19.4 Å². The normalized spacial score (nSPS) is 10.3. The first-order chi connectivity index (χ1) is 12.8. The molecule has 3 rings (SSSR count). The maximum atomic E-state index is 10.7. The third-order valence-electron chi connectivity index (χ3n) is 3.92. The van der Waals surface area contributed by atoms with Crippen LogP contribution in [0.15, 0.2) is 72.8 Å². The molecule has 0 aliphatic carbocycles. The minimum Gasteiger partial charge on any atom is -0.489 e. The lowest BCUT2D eigenvalue weighted by atomic mass is 10.1. The molecule has 0 unspecified atom stereocenters. The second-order valence-corrected chi connectivity index (χ2v) is 5.89. The lowest BCUT2D eigenvalue weighted by molar-refractivity contribution is 0.112. The van der Waals surface area contributed by atoms with Gasteiger partial charge in [-0.3, -0.25) is 4.79 Å². The van der Waals surface area contributed by atoms with Crippen molar-refractivity contribution >= 4 is 6.29 Å². The summed E-state index contributed by atoms with van der Waals surface area (Å²) in [6.45, 7) is 0.931. The number of aldehydes is 1. The van der Waals surface area contributed by atoms with Gasteiger partial charge < -0.3 is 14.6 Å². The van der Waals surface area contributed by atoms with Crippen LogP contribution < -0.4 is 9.47 Å². The van der Waals surface area contributed by atoms with E-state index in [2.05, 4.69) is 0 Å². The third-order valence-corrected chi connectivity index (χ3v) is 3.92. The Labute approximate surface area is 152 Å². The fourth-order valence-corrected chi connectivity index (χ4v) is 2.48. The highest BCUT2D eigenvalue weighted by molar-refractivity contribution is 5.74. The summed E-state index contributed by atoms with van der Waals surface area (Å²) >= 11 is 0. The highest BCUT2D eigenvalue weighted by Crippen LogP contribution is 2.17. The molecule has 1 N–H and O–H groups in total. The van der Waals surface area contributed by atoms with Crippen molar-refractivity contribution in [1.82, 2.24) is 0 Å². The van der Waals surface area contributed by atoms with Crippen LogP contribution in [0.2, 0.25) is 0 Å². The van der Waals surface area contributed by atoms with E-state index in [1.165, 1.54) is 0 Å². The van der Waals surface area contributed by atoms with Crippen molar-refractivity contribution in [2.24, 2.45) is 0 Å². The van der Waals surface area contributed by atoms with Gasteiger partial charge in [-0.15, -0.1) is 0 Å². The summed E-state index contributed by atoms with van der Waals surface area (Å²) in [6.07, 6.45) is 0.810. The SMILES string of the molecule is O=Cc1ccc(OCc2cccc(COc3ccc(CO)cc3)c2)cc1. The van der Waals surface area contributed by atoms with E-state index in [1.807, 2.05) is 48.5 Å². The van der Waals surface area contributed by atoms with E-state index in [0.717, 1.165) is 34.5 Å². The predicted molar refractivity (Wildman–Crippen MR) is 99.3 cm³/mol. The van der Waals surface area contributed by atoms with E-state index in [-0.39, 0.29) is 6.61 Å². The molecule has 0 fully saturated rings. The summed E-state index contributed by atoms with van der Waals surface area (Å²) in [4.78, 5) is 10.7. The zero-order valence-electron chi connectivity index (χ0n) is 14.3. The molecule has 26 heavy (non-hydrogen) atoms. The average molecular weight is 348 g/mol. The van der Waals surface area contributed by atoms with Crippen LogP contribution in [0.4, 0.5) is 0 Å². The van der Waals surface area contributed by atoms with Gasteiger partial charge in [0, 0.05) is 5.56 Å². The van der Waals surface area contributed by atoms with Crippen molar-refractivity contribution in [3.05, 3.63) is 95.1 Å². The van der Waals surface area contributed by atoms with Crippen LogP contribution in [0.1, 0.15) is 27.0 Å². The Morgan fingerprint density at radius 3 is 1.77 bits per heavy atom. The molecule has 0 radical (unpaired) electrons. The zero-order valence-corrected chi connectivity index (χ0v) is 14.3. The van der Waals surface area contributed by atoms with Gasteiger partial charge in [0.2, 0.25) is 0 Å². The molecule has 3 aromatic carbocycles. The Bertz CT molecular complexity index is 839. The van der Waals surface area contributed by atoms with Gasteiger partial charge in [0.25, 0.3) is 0 Å². The lowest BCUT2D eigenvalue weighted by Crippen LogP contribution is -1.99. The van der Waals surface area contributed by atoms with Gasteiger partial charge in [-0.1, -0.05) is 30.3 Å². The predicted octanol–water partition coefficient (Wildman–Crippen LogP) is 4.15. The van der Waals surface area contributed by atoms with E-state index in [9.17, 15) is 4.79 Å². The Hall–Kier alpha value is -3.11. The van der Waals surface area contributed by atoms with Crippen molar-refractivity contribution in [2.45, 2.75) is 19.8 Å². The van der Waals surface area contributed by atoms with Crippen LogP contribution in [-0.2, 0) is 19.8 Å². The van der Waals surface area contributed by atoms with Crippen LogP contribution >= 0.6 is 0 Å². The van der Waals surface area contributed by atoms with E-state index >= 15 is 0 Å². The first-order valence-corrected chi connectivity index (χ1v) is 8.35. The molecule has 3 aromatic rings. The summed E-state index contributed by atoms with van der Waals surface area (Å²) in [5.74, 6) is 1.49. The Kier molecular flexibility index (Phi) is 6.01. The summed E-state index contributed by atoms with van der Waals surface area (Å²) in [7, 11) is 0. The number of carbonyl (C=O) groups is 1. The summed E-state index contributed by atoms with van der Waals surface area (Å²) in [5.41, 5.74) is 3.58. The second-order valence-electron chi connectivity index (χ2n) is 5.89. The molecule has 0 heterocycles. The largest absolute Gasteiger partial charge is 0.489 e. The molecule has 0 bridgehead atoms. The maximum Gasteiger partial charge on any atom is 0.150 e. The highest BCUT2D eigenvalue weighted by Gasteiger charge is 2.01. The number of carbonyl (C=O) groups excluding carboxylic acids is 1. The number of rotatable bonds is 8. The topological polar surface area (TPSA) is 55.8 Å². The fraction of sp³-hybridized carbons (Fsp3) is 0.136. The number of hydrogen-bond acceptors (Lipinski definition) is 4. The summed E-state index contributed by atoms with van der Waals surface area (Å²) in [6, 6.07) is 22.4. The third kappa shape index (κ3) is 4.94.